The summed E-state index contributed by atoms with van der Waals surface area (Å²) in [5.74, 6) is 0.279. The molecule has 0 fully saturated rings. The van der Waals surface area contributed by atoms with Crippen molar-refractivity contribution in [2.24, 2.45) is 4.99 Å². The highest BCUT2D eigenvalue weighted by atomic mass is 127. The molecule has 0 heterocycles. The summed E-state index contributed by atoms with van der Waals surface area (Å²) >= 11 is 0. The molecule has 0 aromatic heterocycles. The largest absolute Gasteiger partial charge is 0.356 e. The van der Waals surface area contributed by atoms with Gasteiger partial charge in [-0.05, 0) is 29.7 Å². The van der Waals surface area contributed by atoms with Gasteiger partial charge in [-0.2, -0.15) is 0 Å². The summed E-state index contributed by atoms with van der Waals surface area (Å²) in [7, 11) is 5.28. The summed E-state index contributed by atoms with van der Waals surface area (Å²) in [6, 6.07) is 16.6. The van der Waals surface area contributed by atoms with Gasteiger partial charge in [-0.3, -0.25) is 4.79 Å². The van der Waals surface area contributed by atoms with Crippen LogP contribution in [-0.2, 0) is 17.8 Å². The number of likely N-dealkylation sites (N-methyl/N-ethyl adjacent to an activating group) is 1. The fourth-order valence-electron chi connectivity index (χ4n) is 2.54. The molecule has 152 valence electrons. The van der Waals surface area contributed by atoms with Crippen LogP contribution < -0.4 is 5.32 Å². The second-order valence-corrected chi connectivity index (χ2v) is 6.58. The van der Waals surface area contributed by atoms with Gasteiger partial charge in [0.15, 0.2) is 5.96 Å². The number of carbonyl (C=O) groups is 1. The molecule has 0 atom stereocenters. The monoisotopic (exact) mass is 498 g/mol. The Labute approximate surface area is 183 Å². The maximum atomic E-state index is 13.4. The van der Waals surface area contributed by atoms with Gasteiger partial charge in [0, 0.05) is 34.2 Å². The van der Waals surface area contributed by atoms with Crippen LogP contribution in [0.2, 0.25) is 0 Å². The van der Waals surface area contributed by atoms with Crippen molar-refractivity contribution in [1.82, 2.24) is 15.1 Å². The molecule has 7 heteroatoms. The van der Waals surface area contributed by atoms with Crippen LogP contribution >= 0.6 is 24.0 Å². The molecule has 0 bridgehead atoms. The highest BCUT2D eigenvalue weighted by Gasteiger charge is 2.10. The van der Waals surface area contributed by atoms with E-state index in [1.807, 2.05) is 36.2 Å². The number of nitrogens with zero attached hydrogens (tertiary/aromatic N) is 3. The maximum Gasteiger partial charge on any atom is 0.243 e. The Morgan fingerprint density at radius 3 is 2.36 bits per heavy atom. The van der Waals surface area contributed by atoms with Crippen molar-refractivity contribution in [2.45, 2.75) is 13.0 Å². The SMILES string of the molecule is CN(C)C(=O)CN=C(NCCc1ccccc1)N(C)Cc1cccc(F)c1.I. The second kappa shape index (κ2) is 12.3. The first-order valence-electron chi connectivity index (χ1n) is 8.93. The van der Waals surface area contributed by atoms with E-state index in [2.05, 4.69) is 22.4 Å². The van der Waals surface area contributed by atoms with Gasteiger partial charge in [0.1, 0.15) is 12.4 Å². The van der Waals surface area contributed by atoms with Crippen molar-refractivity contribution >= 4 is 35.8 Å². The predicted octanol–water partition coefficient (Wildman–Crippen LogP) is 3.15. The van der Waals surface area contributed by atoms with E-state index in [1.165, 1.54) is 22.6 Å². The summed E-state index contributed by atoms with van der Waals surface area (Å²) < 4.78 is 13.4. The Morgan fingerprint density at radius 2 is 1.71 bits per heavy atom. The first-order chi connectivity index (χ1) is 13.0. The molecular formula is C21H28FIN4O. The molecule has 1 N–H and O–H groups in total. The number of benzene rings is 2. The van der Waals surface area contributed by atoms with Gasteiger partial charge in [-0.15, -0.1) is 24.0 Å². The van der Waals surface area contributed by atoms with Crippen LogP contribution in [-0.4, -0.2) is 55.9 Å². The van der Waals surface area contributed by atoms with Crippen molar-refractivity contribution in [3.8, 4) is 0 Å². The van der Waals surface area contributed by atoms with Crippen molar-refractivity contribution in [2.75, 3.05) is 34.2 Å². The number of hydrogen-bond donors (Lipinski definition) is 1. The van der Waals surface area contributed by atoms with E-state index in [-0.39, 0.29) is 42.2 Å². The second-order valence-electron chi connectivity index (χ2n) is 6.58. The van der Waals surface area contributed by atoms with Crippen LogP contribution in [0.5, 0.6) is 0 Å². The minimum Gasteiger partial charge on any atom is -0.356 e. The molecule has 5 nitrogen and oxygen atoms in total. The predicted molar refractivity (Wildman–Crippen MR) is 122 cm³/mol. The molecule has 0 saturated carbocycles. The number of hydrogen-bond acceptors (Lipinski definition) is 2. The number of halogens is 2. The van der Waals surface area contributed by atoms with E-state index in [4.69, 9.17) is 0 Å². The molecule has 0 aliphatic heterocycles. The number of nitrogens with one attached hydrogen (secondary N) is 1. The number of rotatable bonds is 7. The number of guanidine groups is 1. The average Bonchev–Trinajstić information content (AvgIpc) is 2.64. The smallest absolute Gasteiger partial charge is 0.243 e. The molecule has 0 spiro atoms. The third kappa shape index (κ3) is 8.24. The normalized spacial score (nSPS) is 10.8. The van der Waals surface area contributed by atoms with Crippen molar-refractivity contribution in [3.05, 3.63) is 71.5 Å². The minimum atomic E-state index is -0.265. The molecule has 0 aliphatic carbocycles. The lowest BCUT2D eigenvalue weighted by atomic mass is 10.1. The molecule has 0 radical (unpaired) electrons. The maximum absolute atomic E-state index is 13.4. The lowest BCUT2D eigenvalue weighted by molar-refractivity contribution is -0.127. The fraction of sp³-hybridized carbons (Fsp3) is 0.333. The number of carbonyl (C=O) groups excluding carboxylic acids is 1. The molecule has 1 amide bonds. The Balaban J connectivity index is 0.00000392. The molecule has 2 rings (SSSR count). The number of aliphatic imine (C=N–C) groups is 1. The standard InChI is InChI=1S/C21H27FN4O.HI/c1-25(2)20(27)15-24-21(23-13-12-17-8-5-4-6-9-17)26(3)16-18-10-7-11-19(22)14-18;/h4-11,14H,12-13,15-16H2,1-3H3,(H,23,24);1H. The van der Waals surface area contributed by atoms with E-state index in [9.17, 15) is 9.18 Å². The Morgan fingerprint density at radius 1 is 1.04 bits per heavy atom. The van der Waals surface area contributed by atoms with Gasteiger partial charge in [0.25, 0.3) is 0 Å². The van der Waals surface area contributed by atoms with Crippen LogP contribution in [0.15, 0.2) is 59.6 Å². The van der Waals surface area contributed by atoms with Crippen molar-refractivity contribution in [3.63, 3.8) is 0 Å². The number of amides is 1. The molecule has 0 saturated heterocycles. The van der Waals surface area contributed by atoms with Gasteiger partial charge in [0.2, 0.25) is 5.91 Å². The van der Waals surface area contributed by atoms with Crippen LogP contribution in [0.25, 0.3) is 0 Å². The molecule has 2 aromatic rings. The quantitative estimate of drug-likeness (QED) is 0.363. The van der Waals surface area contributed by atoms with Crippen LogP contribution in [0.4, 0.5) is 4.39 Å². The molecule has 0 aliphatic rings. The Bertz CT molecular complexity index is 768. The van der Waals surface area contributed by atoms with Gasteiger partial charge in [-0.1, -0.05) is 42.5 Å². The van der Waals surface area contributed by atoms with E-state index >= 15 is 0 Å². The molecular weight excluding hydrogens is 470 g/mol. The minimum absolute atomic E-state index is 0. The first-order valence-corrected chi connectivity index (χ1v) is 8.93. The summed E-state index contributed by atoms with van der Waals surface area (Å²) in [5, 5.41) is 3.31. The van der Waals surface area contributed by atoms with Gasteiger partial charge < -0.3 is 15.1 Å². The highest BCUT2D eigenvalue weighted by molar-refractivity contribution is 14.0. The third-order valence-electron chi connectivity index (χ3n) is 4.07. The molecule has 0 unspecified atom stereocenters. The molecule has 2 aromatic carbocycles. The van der Waals surface area contributed by atoms with Crippen LogP contribution in [0.3, 0.4) is 0 Å². The van der Waals surface area contributed by atoms with E-state index in [1.54, 1.807) is 20.2 Å². The summed E-state index contributed by atoms with van der Waals surface area (Å²) in [6.45, 7) is 1.24. The zero-order valence-corrected chi connectivity index (χ0v) is 18.9. The highest BCUT2D eigenvalue weighted by Crippen LogP contribution is 2.07. The van der Waals surface area contributed by atoms with Gasteiger partial charge >= 0.3 is 0 Å². The zero-order chi connectivity index (χ0) is 19.6. The van der Waals surface area contributed by atoms with Gasteiger partial charge in [0.05, 0.1) is 0 Å². The average molecular weight is 498 g/mol. The third-order valence-corrected chi connectivity index (χ3v) is 4.07. The van der Waals surface area contributed by atoms with E-state index in [0.717, 1.165) is 12.0 Å². The fourth-order valence-corrected chi connectivity index (χ4v) is 2.54. The Hall–Kier alpha value is -2.16. The summed E-state index contributed by atoms with van der Waals surface area (Å²) in [6.07, 6.45) is 0.843. The van der Waals surface area contributed by atoms with E-state index in [0.29, 0.717) is 19.0 Å². The first kappa shape index (κ1) is 23.9. The topological polar surface area (TPSA) is 47.9 Å². The molecule has 28 heavy (non-hydrogen) atoms. The zero-order valence-electron chi connectivity index (χ0n) is 16.6. The lowest BCUT2D eigenvalue weighted by Gasteiger charge is -2.23. The summed E-state index contributed by atoms with van der Waals surface area (Å²) in [5.41, 5.74) is 2.07. The van der Waals surface area contributed by atoms with Crippen LogP contribution in [0, 0.1) is 5.82 Å². The van der Waals surface area contributed by atoms with Crippen molar-refractivity contribution < 1.29 is 9.18 Å². The van der Waals surface area contributed by atoms with Crippen LogP contribution in [0.1, 0.15) is 11.1 Å². The summed E-state index contributed by atoms with van der Waals surface area (Å²) in [4.78, 5) is 19.7. The lowest BCUT2D eigenvalue weighted by Crippen LogP contribution is -2.40. The van der Waals surface area contributed by atoms with Crippen molar-refractivity contribution in [1.29, 1.82) is 0 Å². The Kier molecular flexibility index (Phi) is 10.5. The van der Waals surface area contributed by atoms with E-state index < -0.39 is 0 Å². The van der Waals surface area contributed by atoms with Gasteiger partial charge in [-0.25, -0.2) is 9.38 Å².